The maximum Gasteiger partial charge on any atom is 0.306 e. The fourth-order valence-corrected chi connectivity index (χ4v) is 2.04. The van der Waals surface area contributed by atoms with E-state index >= 15 is 0 Å². The summed E-state index contributed by atoms with van der Waals surface area (Å²) in [5.41, 5.74) is 1.88. The molecule has 20 heavy (non-hydrogen) atoms. The summed E-state index contributed by atoms with van der Waals surface area (Å²) in [6.07, 6.45) is 2.20. The number of hydrogen-bond acceptors (Lipinski definition) is 3. The molecule has 2 aromatic rings. The lowest BCUT2D eigenvalue weighted by atomic mass is 10.1. The number of nitrogens with zero attached hydrogens (tertiary/aromatic N) is 2. The van der Waals surface area contributed by atoms with Crippen molar-refractivity contribution in [2.75, 3.05) is 7.11 Å². The van der Waals surface area contributed by atoms with E-state index in [9.17, 15) is 4.79 Å². The molecule has 1 heterocycles. The van der Waals surface area contributed by atoms with Crippen molar-refractivity contribution in [1.29, 1.82) is 0 Å². The van der Waals surface area contributed by atoms with Crippen LogP contribution in [0, 0.1) is 5.92 Å². The Morgan fingerprint density at radius 3 is 2.60 bits per heavy atom. The molecule has 0 aliphatic carbocycles. The highest BCUT2D eigenvalue weighted by Gasteiger charge is 2.16. The van der Waals surface area contributed by atoms with E-state index in [1.54, 1.807) is 20.2 Å². The molecule has 1 unspecified atom stereocenters. The second-order valence-corrected chi connectivity index (χ2v) is 4.80. The Morgan fingerprint density at radius 1 is 1.40 bits per heavy atom. The number of carboxylic acid groups (broad SMARTS) is 1. The molecule has 5 nitrogen and oxygen atoms in total. The van der Waals surface area contributed by atoms with Crippen molar-refractivity contribution < 1.29 is 14.6 Å². The van der Waals surface area contributed by atoms with Crippen LogP contribution in [0.2, 0.25) is 0 Å². The second kappa shape index (κ2) is 5.77. The largest absolute Gasteiger partial charge is 0.497 e. The molecule has 1 N–H and O–H groups in total. The van der Waals surface area contributed by atoms with Crippen molar-refractivity contribution in [2.24, 2.45) is 13.0 Å². The Bertz CT molecular complexity index is 602. The van der Waals surface area contributed by atoms with Crippen LogP contribution in [0.25, 0.3) is 11.4 Å². The highest BCUT2D eigenvalue weighted by atomic mass is 16.5. The number of imidazole rings is 1. The van der Waals surface area contributed by atoms with Crippen LogP contribution in [-0.4, -0.2) is 27.7 Å². The zero-order chi connectivity index (χ0) is 14.7. The predicted octanol–water partition coefficient (Wildman–Crippen LogP) is 2.36. The summed E-state index contributed by atoms with van der Waals surface area (Å²) < 4.78 is 7.06. The molecule has 106 valence electrons. The van der Waals surface area contributed by atoms with Gasteiger partial charge in [-0.15, -0.1) is 0 Å². The lowest BCUT2D eigenvalue weighted by Crippen LogP contribution is -2.14. The number of benzene rings is 1. The molecule has 1 aromatic carbocycles. The zero-order valence-electron chi connectivity index (χ0n) is 11.8. The highest BCUT2D eigenvalue weighted by molar-refractivity contribution is 5.69. The van der Waals surface area contributed by atoms with Crippen LogP contribution in [0.1, 0.15) is 12.6 Å². The van der Waals surface area contributed by atoms with E-state index in [4.69, 9.17) is 9.84 Å². The van der Waals surface area contributed by atoms with E-state index in [0.29, 0.717) is 6.42 Å². The monoisotopic (exact) mass is 274 g/mol. The van der Waals surface area contributed by atoms with Crippen LogP contribution in [-0.2, 0) is 18.3 Å². The van der Waals surface area contributed by atoms with E-state index in [-0.39, 0.29) is 0 Å². The molecule has 1 atom stereocenters. The number of aliphatic carboxylic acids is 1. The van der Waals surface area contributed by atoms with Crippen molar-refractivity contribution >= 4 is 5.97 Å². The number of aromatic nitrogens is 2. The van der Waals surface area contributed by atoms with Crippen LogP contribution in [0.15, 0.2) is 30.5 Å². The molecule has 0 aliphatic heterocycles. The topological polar surface area (TPSA) is 64.3 Å². The summed E-state index contributed by atoms with van der Waals surface area (Å²) in [7, 11) is 3.53. The number of hydrogen-bond donors (Lipinski definition) is 1. The SMILES string of the molecule is COc1ccc(-c2ncc(CC(C)C(=O)O)n2C)cc1. The third-order valence-electron chi connectivity index (χ3n) is 3.37. The minimum absolute atomic E-state index is 0.422. The first-order chi connectivity index (χ1) is 9.52. The van der Waals surface area contributed by atoms with Gasteiger partial charge in [0.2, 0.25) is 0 Å². The number of rotatable bonds is 5. The first-order valence-corrected chi connectivity index (χ1v) is 6.40. The lowest BCUT2D eigenvalue weighted by molar-refractivity contribution is -0.141. The van der Waals surface area contributed by atoms with Crippen LogP contribution in [0.4, 0.5) is 0 Å². The first-order valence-electron chi connectivity index (χ1n) is 6.40. The van der Waals surface area contributed by atoms with Gasteiger partial charge in [0.1, 0.15) is 11.6 Å². The Morgan fingerprint density at radius 2 is 2.05 bits per heavy atom. The van der Waals surface area contributed by atoms with Gasteiger partial charge in [-0.2, -0.15) is 0 Å². The Balaban J connectivity index is 2.25. The molecule has 0 radical (unpaired) electrons. The summed E-state index contributed by atoms with van der Waals surface area (Å²) >= 11 is 0. The molecule has 0 aliphatic rings. The van der Waals surface area contributed by atoms with E-state index < -0.39 is 11.9 Å². The molecule has 2 rings (SSSR count). The minimum atomic E-state index is -0.794. The molecule has 0 fully saturated rings. The van der Waals surface area contributed by atoms with E-state index in [0.717, 1.165) is 22.8 Å². The molecule has 5 heteroatoms. The highest BCUT2D eigenvalue weighted by Crippen LogP contribution is 2.22. The van der Waals surface area contributed by atoms with Crippen LogP contribution >= 0.6 is 0 Å². The molecular formula is C15H18N2O3. The number of carbonyl (C=O) groups is 1. The summed E-state index contributed by atoms with van der Waals surface area (Å²) in [5, 5.41) is 8.97. The lowest BCUT2D eigenvalue weighted by Gasteiger charge is -2.09. The third kappa shape index (κ3) is 2.82. The van der Waals surface area contributed by atoms with Crippen LogP contribution in [0.5, 0.6) is 5.75 Å². The zero-order valence-corrected chi connectivity index (χ0v) is 11.8. The summed E-state index contributed by atoms with van der Waals surface area (Å²) in [5.74, 6) is 0.397. The average molecular weight is 274 g/mol. The average Bonchev–Trinajstić information content (AvgIpc) is 2.80. The van der Waals surface area contributed by atoms with Gasteiger partial charge < -0.3 is 14.4 Å². The summed E-state index contributed by atoms with van der Waals surface area (Å²) in [4.78, 5) is 15.3. The van der Waals surface area contributed by atoms with Crippen molar-refractivity contribution in [3.8, 4) is 17.1 Å². The van der Waals surface area contributed by atoms with Crippen molar-refractivity contribution in [3.63, 3.8) is 0 Å². The normalized spacial score (nSPS) is 12.2. The number of ether oxygens (including phenoxy) is 1. The van der Waals surface area contributed by atoms with Crippen LogP contribution in [0.3, 0.4) is 0 Å². The third-order valence-corrected chi connectivity index (χ3v) is 3.37. The maximum absolute atomic E-state index is 10.9. The van der Waals surface area contributed by atoms with Gasteiger partial charge in [0.25, 0.3) is 0 Å². The van der Waals surface area contributed by atoms with Crippen molar-refractivity contribution in [3.05, 3.63) is 36.2 Å². The van der Waals surface area contributed by atoms with Crippen LogP contribution < -0.4 is 4.74 Å². The van der Waals surface area contributed by atoms with Gasteiger partial charge in [-0.3, -0.25) is 4.79 Å². The number of carboxylic acids is 1. The minimum Gasteiger partial charge on any atom is -0.497 e. The standard InChI is InChI=1S/C15H18N2O3/c1-10(15(18)19)8-12-9-16-14(17(12)2)11-4-6-13(20-3)7-5-11/h4-7,9-10H,8H2,1-3H3,(H,18,19). The quantitative estimate of drug-likeness (QED) is 0.909. The fraction of sp³-hybridized carbons (Fsp3) is 0.333. The first kappa shape index (κ1) is 14.1. The van der Waals surface area contributed by atoms with Gasteiger partial charge in [-0.1, -0.05) is 6.92 Å². The Kier molecular flexibility index (Phi) is 4.08. The molecular weight excluding hydrogens is 256 g/mol. The van der Waals surface area contributed by atoms with E-state index in [1.807, 2.05) is 35.9 Å². The molecule has 1 aromatic heterocycles. The van der Waals surface area contributed by atoms with E-state index in [1.165, 1.54) is 0 Å². The molecule has 0 bridgehead atoms. The molecule has 0 amide bonds. The van der Waals surface area contributed by atoms with Crippen molar-refractivity contribution in [1.82, 2.24) is 9.55 Å². The van der Waals surface area contributed by atoms with Gasteiger partial charge in [0.05, 0.1) is 13.0 Å². The van der Waals surface area contributed by atoms with Gasteiger partial charge in [0, 0.05) is 30.9 Å². The van der Waals surface area contributed by atoms with Gasteiger partial charge in [-0.25, -0.2) is 4.98 Å². The summed E-state index contributed by atoms with van der Waals surface area (Å²) in [6.45, 7) is 1.70. The Hall–Kier alpha value is -2.30. The predicted molar refractivity (Wildman–Crippen MR) is 75.7 cm³/mol. The maximum atomic E-state index is 10.9. The Labute approximate surface area is 117 Å². The van der Waals surface area contributed by atoms with Gasteiger partial charge >= 0.3 is 5.97 Å². The second-order valence-electron chi connectivity index (χ2n) is 4.80. The number of methoxy groups -OCH3 is 1. The molecule has 0 spiro atoms. The molecule has 0 saturated heterocycles. The molecule has 0 saturated carbocycles. The summed E-state index contributed by atoms with van der Waals surface area (Å²) in [6, 6.07) is 7.63. The van der Waals surface area contributed by atoms with E-state index in [2.05, 4.69) is 4.98 Å². The fourth-order valence-electron chi connectivity index (χ4n) is 2.04. The van der Waals surface area contributed by atoms with Crippen molar-refractivity contribution in [2.45, 2.75) is 13.3 Å². The smallest absolute Gasteiger partial charge is 0.306 e. The van der Waals surface area contributed by atoms with Gasteiger partial charge in [-0.05, 0) is 24.3 Å². The van der Waals surface area contributed by atoms with Gasteiger partial charge in [0.15, 0.2) is 0 Å².